The van der Waals surface area contributed by atoms with Gasteiger partial charge in [-0.1, -0.05) is 28.9 Å². The molecule has 1 aromatic heterocycles. The van der Waals surface area contributed by atoms with E-state index >= 15 is 0 Å². The lowest BCUT2D eigenvalue weighted by atomic mass is 10.2. The number of halogens is 4. The molecular weight excluding hydrogens is 431 g/mol. The maximum absolute atomic E-state index is 13.2. The molecule has 0 aliphatic carbocycles. The quantitative estimate of drug-likeness (QED) is 0.566. The van der Waals surface area contributed by atoms with Crippen molar-refractivity contribution in [3.05, 3.63) is 64.9 Å². The van der Waals surface area contributed by atoms with Crippen LogP contribution < -0.4 is 0 Å². The van der Waals surface area contributed by atoms with Crippen molar-refractivity contribution in [1.29, 1.82) is 0 Å². The number of sulfonamides is 1. The van der Waals surface area contributed by atoms with Crippen molar-refractivity contribution >= 4 is 21.6 Å². The molecule has 0 aliphatic heterocycles. The summed E-state index contributed by atoms with van der Waals surface area (Å²) < 4.78 is 70.7. The van der Waals surface area contributed by atoms with Crippen molar-refractivity contribution in [2.24, 2.45) is 0 Å². The summed E-state index contributed by atoms with van der Waals surface area (Å²) >= 11 is 5.82. The van der Waals surface area contributed by atoms with E-state index in [4.69, 9.17) is 16.1 Å². The van der Waals surface area contributed by atoms with Gasteiger partial charge in [-0.05, 0) is 36.4 Å². The van der Waals surface area contributed by atoms with E-state index in [1.807, 2.05) is 0 Å². The third kappa shape index (κ3) is 4.77. The molecule has 0 aliphatic rings. The zero-order chi connectivity index (χ0) is 21.2. The second kappa shape index (κ2) is 8.13. The van der Waals surface area contributed by atoms with Crippen LogP contribution in [0.3, 0.4) is 0 Å². The maximum atomic E-state index is 13.2. The zero-order valence-corrected chi connectivity index (χ0v) is 16.6. The van der Waals surface area contributed by atoms with Crippen molar-refractivity contribution in [2.75, 3.05) is 13.6 Å². The Morgan fingerprint density at radius 1 is 1.10 bits per heavy atom. The minimum atomic E-state index is -4.79. The van der Waals surface area contributed by atoms with Crippen LogP contribution in [-0.4, -0.2) is 36.5 Å². The van der Waals surface area contributed by atoms with Crippen LogP contribution in [0.1, 0.15) is 11.4 Å². The highest BCUT2D eigenvalue weighted by Crippen LogP contribution is 2.34. The van der Waals surface area contributed by atoms with Gasteiger partial charge in [0.05, 0.1) is 10.5 Å². The van der Waals surface area contributed by atoms with Gasteiger partial charge in [-0.15, -0.1) is 0 Å². The van der Waals surface area contributed by atoms with Crippen LogP contribution in [0.4, 0.5) is 13.2 Å². The summed E-state index contributed by atoms with van der Waals surface area (Å²) in [4.78, 5) is 3.37. The van der Waals surface area contributed by atoms with Crippen LogP contribution in [0, 0.1) is 0 Å². The first-order valence-corrected chi connectivity index (χ1v) is 10.1. The molecule has 0 spiro atoms. The SMILES string of the molecule is CN(CCc1noc(-c2ccc(Cl)cc2)n1)S(=O)(=O)c1ccccc1C(F)(F)F. The summed E-state index contributed by atoms with van der Waals surface area (Å²) in [7, 11) is -3.16. The fourth-order valence-corrected chi connectivity index (χ4v) is 4.04. The largest absolute Gasteiger partial charge is 0.417 e. The van der Waals surface area contributed by atoms with Crippen LogP contribution in [0.5, 0.6) is 0 Å². The molecule has 3 aromatic rings. The normalized spacial score (nSPS) is 12.5. The number of benzene rings is 2. The molecule has 154 valence electrons. The molecule has 0 radical (unpaired) electrons. The van der Waals surface area contributed by atoms with Gasteiger partial charge in [-0.3, -0.25) is 0 Å². The average Bonchev–Trinajstić information content (AvgIpc) is 3.15. The first-order chi connectivity index (χ1) is 13.6. The van der Waals surface area contributed by atoms with Gasteiger partial charge >= 0.3 is 6.18 Å². The highest BCUT2D eigenvalue weighted by Gasteiger charge is 2.38. The van der Waals surface area contributed by atoms with Crippen molar-refractivity contribution in [3.8, 4) is 11.5 Å². The van der Waals surface area contributed by atoms with Gasteiger partial charge < -0.3 is 4.52 Å². The van der Waals surface area contributed by atoms with Crippen molar-refractivity contribution in [2.45, 2.75) is 17.5 Å². The van der Waals surface area contributed by atoms with E-state index in [1.54, 1.807) is 24.3 Å². The van der Waals surface area contributed by atoms with Crippen LogP contribution in [-0.2, 0) is 22.6 Å². The second-order valence-electron chi connectivity index (χ2n) is 6.09. The number of hydrogen-bond donors (Lipinski definition) is 0. The van der Waals surface area contributed by atoms with E-state index in [0.717, 1.165) is 22.5 Å². The van der Waals surface area contributed by atoms with Gasteiger partial charge in [0.2, 0.25) is 10.0 Å². The molecule has 0 N–H and O–H groups in total. The Bertz CT molecular complexity index is 1100. The first kappa shape index (κ1) is 21.3. The van der Waals surface area contributed by atoms with Gasteiger partial charge in [-0.25, -0.2) is 12.7 Å². The standard InChI is InChI=1S/C18H15ClF3N3O3S/c1-25(29(26,27)15-5-3-2-4-14(15)18(20,21)22)11-10-16-23-17(28-24-16)12-6-8-13(19)9-7-12/h2-9H,10-11H2,1H3. The fraction of sp³-hybridized carbons (Fsp3) is 0.222. The third-order valence-corrected chi connectivity index (χ3v) is 6.26. The monoisotopic (exact) mass is 445 g/mol. The van der Waals surface area contributed by atoms with Gasteiger partial charge in [0, 0.05) is 30.6 Å². The number of likely N-dealkylation sites (N-methyl/N-ethyl adjacent to an activating group) is 1. The molecule has 11 heteroatoms. The molecule has 0 unspecified atom stereocenters. The van der Waals surface area contributed by atoms with Crippen LogP contribution in [0.2, 0.25) is 5.02 Å². The van der Waals surface area contributed by atoms with Crippen molar-refractivity contribution in [3.63, 3.8) is 0 Å². The third-order valence-electron chi connectivity index (χ3n) is 4.09. The van der Waals surface area contributed by atoms with Gasteiger partial charge in [0.15, 0.2) is 5.82 Å². The highest BCUT2D eigenvalue weighted by molar-refractivity contribution is 7.89. The summed E-state index contributed by atoms with van der Waals surface area (Å²) in [6, 6.07) is 10.7. The Morgan fingerprint density at radius 3 is 2.41 bits per heavy atom. The van der Waals surface area contributed by atoms with Crippen molar-refractivity contribution < 1.29 is 26.1 Å². The molecule has 0 atom stereocenters. The Balaban J connectivity index is 1.74. The number of alkyl halides is 3. The molecule has 3 rings (SSSR count). The van der Waals surface area contributed by atoms with E-state index in [1.165, 1.54) is 13.1 Å². The Labute approximate surface area is 170 Å². The fourth-order valence-electron chi connectivity index (χ4n) is 2.54. The number of aromatic nitrogens is 2. The number of hydrogen-bond acceptors (Lipinski definition) is 5. The van der Waals surface area contributed by atoms with E-state index in [0.29, 0.717) is 10.6 Å². The molecule has 0 fully saturated rings. The Hall–Kier alpha value is -2.43. The minimum absolute atomic E-state index is 0.0566. The number of rotatable bonds is 6. The average molecular weight is 446 g/mol. The maximum Gasteiger partial charge on any atom is 0.417 e. The van der Waals surface area contributed by atoms with E-state index in [2.05, 4.69) is 10.1 Å². The lowest BCUT2D eigenvalue weighted by molar-refractivity contribution is -0.139. The van der Waals surface area contributed by atoms with E-state index < -0.39 is 26.7 Å². The van der Waals surface area contributed by atoms with Crippen LogP contribution >= 0.6 is 11.6 Å². The minimum Gasteiger partial charge on any atom is -0.334 e. The Morgan fingerprint density at radius 2 is 1.76 bits per heavy atom. The molecule has 6 nitrogen and oxygen atoms in total. The predicted octanol–water partition coefficient (Wildman–Crippen LogP) is 4.27. The van der Waals surface area contributed by atoms with E-state index in [9.17, 15) is 21.6 Å². The van der Waals surface area contributed by atoms with Crippen LogP contribution in [0.15, 0.2) is 57.9 Å². The lowest BCUT2D eigenvalue weighted by Gasteiger charge is -2.19. The summed E-state index contributed by atoms with van der Waals surface area (Å²) in [6.07, 6.45) is -4.73. The molecule has 1 heterocycles. The summed E-state index contributed by atoms with van der Waals surface area (Å²) in [5, 5.41) is 4.32. The second-order valence-corrected chi connectivity index (χ2v) is 8.54. The van der Waals surface area contributed by atoms with Gasteiger partial charge in [-0.2, -0.15) is 18.2 Å². The Kier molecular flexibility index (Phi) is 5.97. The molecular formula is C18H15ClF3N3O3S. The smallest absolute Gasteiger partial charge is 0.334 e. The zero-order valence-electron chi connectivity index (χ0n) is 15.0. The van der Waals surface area contributed by atoms with E-state index in [-0.39, 0.29) is 24.7 Å². The predicted molar refractivity (Wildman–Crippen MR) is 99.7 cm³/mol. The first-order valence-electron chi connectivity index (χ1n) is 8.30. The molecule has 0 saturated carbocycles. The molecule has 0 amide bonds. The lowest BCUT2D eigenvalue weighted by Crippen LogP contribution is -2.31. The molecule has 2 aromatic carbocycles. The highest BCUT2D eigenvalue weighted by atomic mass is 35.5. The summed E-state index contributed by atoms with van der Waals surface area (Å²) in [6.45, 7) is -0.131. The molecule has 0 bridgehead atoms. The summed E-state index contributed by atoms with van der Waals surface area (Å²) in [5.74, 6) is 0.450. The van der Waals surface area contributed by atoms with Gasteiger partial charge in [0.1, 0.15) is 0 Å². The summed E-state index contributed by atoms with van der Waals surface area (Å²) in [5.41, 5.74) is -0.579. The molecule has 29 heavy (non-hydrogen) atoms. The van der Waals surface area contributed by atoms with Crippen LogP contribution in [0.25, 0.3) is 11.5 Å². The number of nitrogens with zero attached hydrogens (tertiary/aromatic N) is 3. The van der Waals surface area contributed by atoms with Gasteiger partial charge in [0.25, 0.3) is 5.89 Å². The van der Waals surface area contributed by atoms with Crippen molar-refractivity contribution in [1.82, 2.24) is 14.4 Å². The molecule has 0 saturated heterocycles. The topological polar surface area (TPSA) is 76.3 Å².